The summed E-state index contributed by atoms with van der Waals surface area (Å²) in [6.07, 6.45) is 6.87. The van der Waals surface area contributed by atoms with Crippen LogP contribution in [0.1, 0.15) is 29.6 Å². The first kappa shape index (κ1) is 13.3. The van der Waals surface area contributed by atoms with Crippen molar-refractivity contribution in [1.82, 2.24) is 9.78 Å². The van der Waals surface area contributed by atoms with Gasteiger partial charge in [0.15, 0.2) is 0 Å². The van der Waals surface area contributed by atoms with Gasteiger partial charge < -0.3 is 0 Å². The van der Waals surface area contributed by atoms with Gasteiger partial charge in [-0.2, -0.15) is 5.10 Å². The van der Waals surface area contributed by atoms with Crippen molar-refractivity contribution in [3.05, 3.63) is 54.2 Å². The summed E-state index contributed by atoms with van der Waals surface area (Å²) in [4.78, 5) is 10.7. The Labute approximate surface area is 129 Å². The number of carbonyl (C=O) groups is 1. The fourth-order valence-electron chi connectivity index (χ4n) is 3.09. The molecular weight excluding hydrogens is 272 g/mol. The number of aldehydes is 1. The van der Waals surface area contributed by atoms with Gasteiger partial charge in [-0.15, -0.1) is 0 Å². The minimum absolute atomic E-state index is 0.707. The van der Waals surface area contributed by atoms with Crippen molar-refractivity contribution in [1.29, 1.82) is 0 Å². The zero-order valence-electron chi connectivity index (χ0n) is 12.4. The Bertz CT molecular complexity index is 813. The Morgan fingerprint density at radius 1 is 1.09 bits per heavy atom. The summed E-state index contributed by atoms with van der Waals surface area (Å²) in [5.74, 6) is 0.804. The Morgan fingerprint density at radius 2 is 1.86 bits per heavy atom. The van der Waals surface area contributed by atoms with Crippen LogP contribution >= 0.6 is 0 Å². The lowest BCUT2D eigenvalue weighted by Crippen LogP contribution is -2.18. The molecule has 1 aliphatic carbocycles. The number of hydrogen-bond donors (Lipinski definition) is 0. The zero-order valence-corrected chi connectivity index (χ0v) is 12.4. The van der Waals surface area contributed by atoms with E-state index >= 15 is 0 Å². The molecule has 2 aromatic carbocycles. The highest BCUT2D eigenvalue weighted by Gasteiger charge is 2.19. The Kier molecular flexibility index (Phi) is 3.26. The zero-order chi connectivity index (χ0) is 14.9. The number of aromatic nitrogens is 2. The Balaban J connectivity index is 1.66. The summed E-state index contributed by atoms with van der Waals surface area (Å²) in [7, 11) is 0. The molecule has 3 heteroatoms. The lowest BCUT2D eigenvalue weighted by Gasteiger charge is -2.25. The third-order valence-corrected chi connectivity index (χ3v) is 4.68. The first-order valence-electron chi connectivity index (χ1n) is 7.85. The van der Waals surface area contributed by atoms with E-state index in [4.69, 9.17) is 0 Å². The molecule has 1 fully saturated rings. The first-order chi connectivity index (χ1) is 10.8. The van der Waals surface area contributed by atoms with E-state index in [1.807, 2.05) is 30.5 Å². The molecule has 0 saturated heterocycles. The van der Waals surface area contributed by atoms with Crippen LogP contribution in [0.5, 0.6) is 0 Å². The van der Waals surface area contributed by atoms with Crippen LogP contribution in [0.25, 0.3) is 22.0 Å². The summed E-state index contributed by atoms with van der Waals surface area (Å²) < 4.78 is 2.14. The number of rotatable bonds is 4. The SMILES string of the molecule is O=Cc1ccc(-c2ccc3c(cnn3CC3CCC3)c2)cc1. The van der Waals surface area contributed by atoms with E-state index in [0.717, 1.165) is 29.9 Å². The van der Waals surface area contributed by atoms with Gasteiger partial charge in [-0.3, -0.25) is 9.48 Å². The van der Waals surface area contributed by atoms with Gasteiger partial charge in [-0.05, 0) is 42.0 Å². The van der Waals surface area contributed by atoms with Crippen molar-refractivity contribution < 1.29 is 4.79 Å². The molecule has 0 aliphatic heterocycles. The highest BCUT2D eigenvalue weighted by atomic mass is 16.1. The van der Waals surface area contributed by atoms with E-state index in [1.54, 1.807) is 0 Å². The maximum absolute atomic E-state index is 10.7. The van der Waals surface area contributed by atoms with Gasteiger partial charge in [0.25, 0.3) is 0 Å². The van der Waals surface area contributed by atoms with Crippen LogP contribution in [0, 0.1) is 5.92 Å². The number of hydrogen-bond acceptors (Lipinski definition) is 2. The molecule has 0 unspecified atom stereocenters. The topological polar surface area (TPSA) is 34.9 Å². The van der Waals surface area contributed by atoms with Crippen LogP contribution in [0.4, 0.5) is 0 Å². The van der Waals surface area contributed by atoms with E-state index in [2.05, 4.69) is 28.0 Å². The molecule has 3 aromatic rings. The average molecular weight is 290 g/mol. The molecule has 1 aliphatic rings. The molecule has 0 spiro atoms. The number of fused-ring (bicyclic) bond motifs is 1. The molecule has 3 nitrogen and oxygen atoms in total. The Hall–Kier alpha value is -2.42. The molecule has 110 valence electrons. The summed E-state index contributed by atoms with van der Waals surface area (Å²) in [5.41, 5.74) is 4.20. The highest BCUT2D eigenvalue weighted by molar-refractivity contribution is 5.85. The fraction of sp³-hybridized carbons (Fsp3) is 0.263. The molecule has 1 saturated carbocycles. The van der Waals surface area contributed by atoms with Crippen molar-refractivity contribution in [2.24, 2.45) is 5.92 Å². The largest absolute Gasteiger partial charge is 0.298 e. The van der Waals surface area contributed by atoms with E-state index < -0.39 is 0 Å². The standard InChI is InChI=1S/C19H18N2O/c22-13-15-4-6-16(7-5-15)17-8-9-19-18(10-17)11-20-21(19)12-14-2-1-3-14/h4-11,13-14H,1-3,12H2. The van der Waals surface area contributed by atoms with Gasteiger partial charge in [0.1, 0.15) is 6.29 Å². The third kappa shape index (κ3) is 2.33. The molecule has 22 heavy (non-hydrogen) atoms. The van der Waals surface area contributed by atoms with Gasteiger partial charge in [0.2, 0.25) is 0 Å². The summed E-state index contributed by atoms with van der Waals surface area (Å²) in [6.45, 7) is 1.04. The lowest BCUT2D eigenvalue weighted by molar-refractivity contribution is 0.112. The quantitative estimate of drug-likeness (QED) is 0.671. The van der Waals surface area contributed by atoms with Crippen LogP contribution in [0.2, 0.25) is 0 Å². The van der Waals surface area contributed by atoms with Gasteiger partial charge in [-0.25, -0.2) is 0 Å². The van der Waals surface area contributed by atoms with Gasteiger partial charge in [0.05, 0.1) is 11.7 Å². The highest BCUT2D eigenvalue weighted by Crippen LogP contribution is 2.30. The molecular formula is C19H18N2O. The molecule has 0 atom stereocenters. The second-order valence-electron chi connectivity index (χ2n) is 6.14. The van der Waals surface area contributed by atoms with Crippen molar-refractivity contribution in [3.63, 3.8) is 0 Å². The van der Waals surface area contributed by atoms with E-state index in [1.165, 1.54) is 30.2 Å². The number of nitrogens with zero attached hydrogens (tertiary/aromatic N) is 2. The molecule has 1 heterocycles. The van der Waals surface area contributed by atoms with Crippen LogP contribution in [0.15, 0.2) is 48.7 Å². The summed E-state index contributed by atoms with van der Waals surface area (Å²) in [5, 5.41) is 5.73. The predicted octanol–water partition coefficient (Wildman–Crippen LogP) is 4.32. The van der Waals surface area contributed by atoms with Gasteiger partial charge in [0, 0.05) is 17.5 Å². The number of benzene rings is 2. The van der Waals surface area contributed by atoms with Gasteiger partial charge in [-0.1, -0.05) is 36.8 Å². The smallest absolute Gasteiger partial charge is 0.150 e. The lowest BCUT2D eigenvalue weighted by atomic mass is 9.85. The minimum atomic E-state index is 0.707. The molecule has 1 aromatic heterocycles. The monoisotopic (exact) mass is 290 g/mol. The van der Waals surface area contributed by atoms with Crippen molar-refractivity contribution >= 4 is 17.2 Å². The maximum atomic E-state index is 10.7. The Morgan fingerprint density at radius 3 is 2.55 bits per heavy atom. The second kappa shape index (κ2) is 5.41. The third-order valence-electron chi connectivity index (χ3n) is 4.68. The van der Waals surface area contributed by atoms with Crippen LogP contribution in [-0.2, 0) is 6.54 Å². The van der Waals surface area contributed by atoms with Crippen molar-refractivity contribution in [2.75, 3.05) is 0 Å². The molecule has 0 radical (unpaired) electrons. The average Bonchev–Trinajstić information content (AvgIpc) is 2.93. The molecule has 0 N–H and O–H groups in total. The van der Waals surface area contributed by atoms with Crippen molar-refractivity contribution in [3.8, 4) is 11.1 Å². The van der Waals surface area contributed by atoms with Crippen LogP contribution < -0.4 is 0 Å². The molecule has 4 rings (SSSR count). The second-order valence-corrected chi connectivity index (χ2v) is 6.14. The number of carbonyl (C=O) groups excluding carboxylic acids is 1. The molecule has 0 amide bonds. The van der Waals surface area contributed by atoms with Crippen LogP contribution in [0.3, 0.4) is 0 Å². The molecule has 0 bridgehead atoms. The maximum Gasteiger partial charge on any atom is 0.150 e. The predicted molar refractivity (Wildman–Crippen MR) is 87.9 cm³/mol. The van der Waals surface area contributed by atoms with Gasteiger partial charge >= 0.3 is 0 Å². The summed E-state index contributed by atoms with van der Waals surface area (Å²) in [6, 6.07) is 14.2. The first-order valence-corrected chi connectivity index (χ1v) is 7.85. The van der Waals surface area contributed by atoms with E-state index in [9.17, 15) is 4.79 Å². The fourth-order valence-corrected chi connectivity index (χ4v) is 3.09. The van der Waals surface area contributed by atoms with E-state index in [0.29, 0.717) is 5.56 Å². The van der Waals surface area contributed by atoms with Crippen LogP contribution in [-0.4, -0.2) is 16.1 Å². The normalized spacial score (nSPS) is 14.9. The minimum Gasteiger partial charge on any atom is -0.298 e. The van der Waals surface area contributed by atoms with Crippen molar-refractivity contribution in [2.45, 2.75) is 25.8 Å². The summed E-state index contributed by atoms with van der Waals surface area (Å²) >= 11 is 0. The van der Waals surface area contributed by atoms with E-state index in [-0.39, 0.29) is 0 Å².